The molecule has 0 amide bonds. The van der Waals surface area contributed by atoms with Crippen molar-refractivity contribution in [2.75, 3.05) is 6.61 Å². The summed E-state index contributed by atoms with van der Waals surface area (Å²) in [7, 11) is 0. The monoisotopic (exact) mass is 204 g/mol. The van der Waals surface area contributed by atoms with E-state index in [9.17, 15) is 5.11 Å². The highest BCUT2D eigenvalue weighted by molar-refractivity contribution is 5.45. The van der Waals surface area contributed by atoms with Crippen molar-refractivity contribution in [3.8, 4) is 0 Å². The van der Waals surface area contributed by atoms with Gasteiger partial charge in [0.2, 0.25) is 0 Å². The van der Waals surface area contributed by atoms with Gasteiger partial charge in [-0.05, 0) is 25.7 Å². The van der Waals surface area contributed by atoms with Gasteiger partial charge in [-0.25, -0.2) is 0 Å². The van der Waals surface area contributed by atoms with Crippen LogP contribution in [0.4, 0.5) is 5.69 Å². The topological polar surface area (TPSA) is 58.8 Å². The van der Waals surface area contributed by atoms with E-state index < -0.39 is 5.95 Å². The molecule has 0 bridgehead atoms. The molecule has 0 aromatic heterocycles. The summed E-state index contributed by atoms with van der Waals surface area (Å²) in [6.45, 7) is 4.01. The van der Waals surface area contributed by atoms with Gasteiger partial charge in [-0.2, -0.15) is 0 Å². The lowest BCUT2D eigenvalue weighted by Crippen LogP contribution is -2.08. The summed E-state index contributed by atoms with van der Waals surface area (Å²) < 4.78 is 4.60. The summed E-state index contributed by atoms with van der Waals surface area (Å²) in [4.78, 5) is 3.49. The van der Waals surface area contributed by atoms with Crippen LogP contribution in [0.1, 0.15) is 12.5 Å². The first-order valence-corrected chi connectivity index (χ1v) is 4.62. The van der Waals surface area contributed by atoms with E-state index >= 15 is 0 Å². The molecule has 0 unspecified atom stereocenters. The van der Waals surface area contributed by atoms with Gasteiger partial charge in [-0.15, -0.1) is 0 Å². The molecule has 0 spiro atoms. The molecule has 0 heterocycles. The molecule has 0 atom stereocenters. The van der Waals surface area contributed by atoms with Crippen LogP contribution in [0.25, 0.3) is 0 Å². The summed E-state index contributed by atoms with van der Waals surface area (Å²) >= 11 is 0. The number of nitrogens with zero attached hydrogens (tertiary/aromatic N) is 2. The van der Waals surface area contributed by atoms with Crippen LogP contribution in [-0.2, 0) is 4.74 Å². The second kappa shape index (κ2) is 5.66. The fourth-order valence-corrected chi connectivity index (χ4v) is 0.898. The van der Waals surface area contributed by atoms with Crippen LogP contribution in [0.15, 0.2) is 35.3 Å². The zero-order valence-electron chi connectivity index (χ0n) is 8.73. The number of benzene rings is 1. The third-order valence-electron chi connectivity index (χ3n) is 1.62. The molecule has 1 aromatic rings. The largest absolute Gasteiger partial charge is 0.603 e. The van der Waals surface area contributed by atoms with Crippen molar-refractivity contribution in [2.24, 2.45) is 5.11 Å². The summed E-state index contributed by atoms with van der Waals surface area (Å²) in [5.74, 6) is 1.54. The predicted octanol–water partition coefficient (Wildman–Crippen LogP) is 1.19. The lowest BCUT2D eigenvalue weighted by atomic mass is 10.2. The number of hydrogen-bond acceptors (Lipinski definition) is 3. The minimum absolute atomic E-state index is 0.311. The van der Waals surface area contributed by atoms with E-state index in [4.69, 9.17) is 0 Å². The van der Waals surface area contributed by atoms with Crippen molar-refractivity contribution < 1.29 is 14.6 Å². The molecule has 4 nitrogen and oxygen atoms in total. The molecule has 0 aliphatic heterocycles. The molecule has 15 heavy (non-hydrogen) atoms. The van der Waals surface area contributed by atoms with Crippen LogP contribution in [0.3, 0.4) is 0 Å². The summed E-state index contributed by atoms with van der Waals surface area (Å²) in [5, 5.41) is 14.6. The molecule has 4 heteroatoms. The maximum Gasteiger partial charge on any atom is 0.376 e. The number of aryl methyl sites for hydroxylation is 1. The first-order valence-electron chi connectivity index (χ1n) is 4.62. The molecule has 0 radical (unpaired) electrons. The standard InChI is InChI=1S/C11H12N2O2/c1-3-15-11(14)8-12-13-10-6-4-9(2)5-7-10/h4-7H,3H2,1-2H3. The van der Waals surface area contributed by atoms with Crippen molar-refractivity contribution in [3.63, 3.8) is 0 Å². The molecule has 0 saturated carbocycles. The van der Waals surface area contributed by atoms with Crippen LogP contribution in [0, 0.1) is 6.92 Å². The van der Waals surface area contributed by atoms with E-state index in [-0.39, 0.29) is 0 Å². The van der Waals surface area contributed by atoms with Gasteiger partial charge in [0.1, 0.15) is 15.6 Å². The number of rotatable bonds is 3. The van der Waals surface area contributed by atoms with Crippen molar-refractivity contribution in [2.45, 2.75) is 13.8 Å². The molecule has 0 aliphatic carbocycles. The van der Waals surface area contributed by atoms with Crippen LogP contribution in [0.5, 0.6) is 0 Å². The lowest BCUT2D eigenvalue weighted by Gasteiger charge is -2.03. The Morgan fingerprint density at radius 1 is 1.47 bits per heavy atom. The quantitative estimate of drug-likeness (QED) is 0.321. The maximum atomic E-state index is 10.8. The van der Waals surface area contributed by atoms with Crippen molar-refractivity contribution in [1.82, 2.24) is 0 Å². The Kier molecular flexibility index (Phi) is 4.17. The summed E-state index contributed by atoms with van der Waals surface area (Å²) in [6.07, 6.45) is 0. The molecule has 0 fully saturated rings. The van der Waals surface area contributed by atoms with Crippen molar-refractivity contribution in [1.29, 1.82) is 0 Å². The molecule has 78 valence electrons. The minimum Gasteiger partial charge on any atom is -0.603 e. The lowest BCUT2D eigenvalue weighted by molar-refractivity contribution is -0.354. The second-order valence-electron chi connectivity index (χ2n) is 2.87. The third kappa shape index (κ3) is 4.14. The minimum atomic E-state index is -0.603. The average Bonchev–Trinajstić information content (AvgIpc) is 2.21. The van der Waals surface area contributed by atoms with Gasteiger partial charge in [0.15, 0.2) is 5.95 Å². The highest BCUT2D eigenvalue weighted by Gasteiger charge is 1.92. The molecule has 0 aliphatic rings. The Bertz CT molecular complexity index is 411. The van der Waals surface area contributed by atoms with Crippen molar-refractivity contribution in [3.05, 3.63) is 35.8 Å². The Labute approximate surface area is 88.3 Å². The Hall–Kier alpha value is -2.02. The molecular formula is C11H12N2O2. The molecule has 1 rings (SSSR count). The first-order chi connectivity index (χ1) is 7.22. The van der Waals surface area contributed by atoms with Gasteiger partial charge >= 0.3 is 5.87 Å². The smallest absolute Gasteiger partial charge is 0.376 e. The van der Waals surface area contributed by atoms with Gasteiger partial charge in [0.25, 0.3) is 0 Å². The van der Waals surface area contributed by atoms with Crippen LogP contribution in [0.2, 0.25) is 0 Å². The summed E-state index contributed by atoms with van der Waals surface area (Å²) in [6, 6.07) is 7.45. The zero-order chi connectivity index (χ0) is 11.1. The van der Waals surface area contributed by atoms with E-state index in [1.165, 1.54) is 0 Å². The SMILES string of the molecule is CCOC([O-])=C=[N+]=Nc1ccc(C)cc1. The number of ether oxygens (including phenoxy) is 1. The second-order valence-corrected chi connectivity index (χ2v) is 2.87. The van der Waals surface area contributed by atoms with Gasteiger partial charge in [-0.1, -0.05) is 24.6 Å². The van der Waals surface area contributed by atoms with E-state index in [0.717, 1.165) is 5.56 Å². The van der Waals surface area contributed by atoms with E-state index in [1.807, 2.05) is 31.2 Å². The van der Waals surface area contributed by atoms with Crippen LogP contribution >= 0.6 is 0 Å². The molecular weight excluding hydrogens is 192 g/mol. The van der Waals surface area contributed by atoms with E-state index in [1.54, 1.807) is 6.92 Å². The van der Waals surface area contributed by atoms with E-state index in [2.05, 4.69) is 20.5 Å². The fraction of sp³-hybridized carbons (Fsp3) is 0.273. The highest BCUT2D eigenvalue weighted by Crippen LogP contribution is 2.10. The Balaban J connectivity index is 2.81. The molecule has 0 N–H and O–H groups in total. The summed E-state index contributed by atoms with van der Waals surface area (Å²) in [5.41, 5.74) is 1.82. The van der Waals surface area contributed by atoms with Gasteiger partial charge in [0, 0.05) is 0 Å². The predicted molar refractivity (Wildman–Crippen MR) is 53.7 cm³/mol. The Morgan fingerprint density at radius 3 is 2.73 bits per heavy atom. The maximum absolute atomic E-state index is 10.8. The number of hydrogen-bond donors (Lipinski definition) is 0. The van der Waals surface area contributed by atoms with E-state index in [0.29, 0.717) is 12.3 Å². The van der Waals surface area contributed by atoms with Gasteiger partial charge < -0.3 is 9.84 Å². The molecule has 0 saturated heterocycles. The zero-order valence-corrected chi connectivity index (χ0v) is 8.73. The van der Waals surface area contributed by atoms with Crippen LogP contribution < -0.4 is 5.11 Å². The van der Waals surface area contributed by atoms with Gasteiger partial charge in [0.05, 0.1) is 0 Å². The fourth-order valence-electron chi connectivity index (χ4n) is 0.898. The van der Waals surface area contributed by atoms with Crippen LogP contribution in [-0.4, -0.2) is 17.3 Å². The Morgan fingerprint density at radius 2 is 2.13 bits per heavy atom. The highest BCUT2D eigenvalue weighted by atomic mass is 16.6. The molecule has 1 aromatic carbocycles. The van der Waals surface area contributed by atoms with Crippen molar-refractivity contribution >= 4 is 11.6 Å². The normalized spacial score (nSPS) is 8.67. The first kappa shape index (κ1) is 11.1. The third-order valence-corrected chi connectivity index (χ3v) is 1.62. The average molecular weight is 204 g/mol. The van der Waals surface area contributed by atoms with Gasteiger partial charge in [-0.3, -0.25) is 0 Å².